The van der Waals surface area contributed by atoms with Crippen molar-refractivity contribution >= 4 is 34.0 Å². The van der Waals surface area contributed by atoms with Crippen LogP contribution in [-0.2, 0) is 0 Å². The van der Waals surface area contributed by atoms with Crippen LogP contribution >= 0.6 is 22.6 Å². The standard InChI is InChI=1S/C14H11IN2/c1-10-8-12(7-6-11(10)9-16)17-14-5-3-2-4-13(14)15/h2-8,17H,1H3. The number of nitriles is 1. The minimum atomic E-state index is 0.721. The molecule has 0 saturated heterocycles. The van der Waals surface area contributed by atoms with Crippen LogP contribution < -0.4 is 5.32 Å². The molecule has 0 bridgehead atoms. The lowest BCUT2D eigenvalue weighted by Crippen LogP contribution is -1.94. The van der Waals surface area contributed by atoms with Crippen LogP contribution in [0.25, 0.3) is 0 Å². The van der Waals surface area contributed by atoms with Gasteiger partial charge in [-0.05, 0) is 65.4 Å². The Morgan fingerprint density at radius 2 is 1.94 bits per heavy atom. The third kappa shape index (κ3) is 2.77. The zero-order valence-corrected chi connectivity index (χ0v) is 11.5. The Morgan fingerprint density at radius 1 is 1.18 bits per heavy atom. The predicted molar refractivity (Wildman–Crippen MR) is 78.3 cm³/mol. The minimum Gasteiger partial charge on any atom is -0.355 e. The summed E-state index contributed by atoms with van der Waals surface area (Å²) in [4.78, 5) is 0. The third-order valence-electron chi connectivity index (χ3n) is 2.50. The molecule has 2 aromatic rings. The smallest absolute Gasteiger partial charge is 0.0994 e. The van der Waals surface area contributed by atoms with Crippen molar-refractivity contribution in [3.63, 3.8) is 0 Å². The largest absolute Gasteiger partial charge is 0.355 e. The van der Waals surface area contributed by atoms with Gasteiger partial charge in [-0.3, -0.25) is 0 Å². The van der Waals surface area contributed by atoms with E-state index in [0.717, 1.165) is 22.5 Å². The number of benzene rings is 2. The van der Waals surface area contributed by atoms with Crippen molar-refractivity contribution in [3.05, 3.63) is 57.2 Å². The second kappa shape index (κ2) is 5.19. The van der Waals surface area contributed by atoms with Gasteiger partial charge in [-0.2, -0.15) is 5.26 Å². The van der Waals surface area contributed by atoms with Gasteiger partial charge in [-0.25, -0.2) is 0 Å². The molecule has 0 heterocycles. The first-order valence-electron chi connectivity index (χ1n) is 5.23. The van der Waals surface area contributed by atoms with Crippen molar-refractivity contribution in [2.45, 2.75) is 6.92 Å². The summed E-state index contributed by atoms with van der Waals surface area (Å²) >= 11 is 2.30. The molecule has 0 spiro atoms. The first kappa shape index (κ1) is 11.9. The summed E-state index contributed by atoms with van der Waals surface area (Å²) in [6, 6.07) is 16.0. The molecular formula is C14H11IN2. The zero-order chi connectivity index (χ0) is 12.3. The molecule has 0 aliphatic rings. The number of nitrogens with one attached hydrogen (secondary N) is 1. The SMILES string of the molecule is Cc1cc(Nc2ccccc2I)ccc1C#N. The van der Waals surface area contributed by atoms with Crippen LogP contribution in [0.2, 0.25) is 0 Å². The fourth-order valence-corrected chi connectivity index (χ4v) is 2.11. The molecule has 0 aliphatic carbocycles. The van der Waals surface area contributed by atoms with Crippen LogP contribution in [0.4, 0.5) is 11.4 Å². The minimum absolute atomic E-state index is 0.721. The lowest BCUT2D eigenvalue weighted by atomic mass is 10.1. The molecule has 84 valence electrons. The summed E-state index contributed by atoms with van der Waals surface area (Å²) < 4.78 is 1.17. The van der Waals surface area contributed by atoms with E-state index in [-0.39, 0.29) is 0 Å². The lowest BCUT2D eigenvalue weighted by molar-refractivity contribution is 1.38. The molecule has 2 aromatic carbocycles. The number of halogens is 1. The molecule has 0 unspecified atom stereocenters. The van der Waals surface area contributed by atoms with E-state index in [1.807, 2.05) is 43.3 Å². The summed E-state index contributed by atoms with van der Waals surface area (Å²) in [7, 11) is 0. The van der Waals surface area contributed by atoms with E-state index in [1.165, 1.54) is 3.57 Å². The fourth-order valence-electron chi connectivity index (χ4n) is 1.58. The van der Waals surface area contributed by atoms with Gasteiger partial charge in [0.05, 0.1) is 17.3 Å². The summed E-state index contributed by atoms with van der Waals surface area (Å²) in [6.45, 7) is 1.94. The van der Waals surface area contributed by atoms with Gasteiger partial charge in [0, 0.05) is 9.26 Å². The number of hydrogen-bond acceptors (Lipinski definition) is 2. The van der Waals surface area contributed by atoms with Gasteiger partial charge in [0.2, 0.25) is 0 Å². The summed E-state index contributed by atoms with van der Waals surface area (Å²) in [5.74, 6) is 0. The highest BCUT2D eigenvalue weighted by molar-refractivity contribution is 14.1. The maximum absolute atomic E-state index is 8.87. The summed E-state index contributed by atoms with van der Waals surface area (Å²) in [5.41, 5.74) is 3.80. The number of anilines is 2. The number of para-hydroxylation sites is 1. The third-order valence-corrected chi connectivity index (χ3v) is 3.44. The zero-order valence-electron chi connectivity index (χ0n) is 9.37. The van der Waals surface area contributed by atoms with Gasteiger partial charge in [-0.15, -0.1) is 0 Å². The Hall–Kier alpha value is -1.54. The van der Waals surface area contributed by atoms with Gasteiger partial charge >= 0.3 is 0 Å². The van der Waals surface area contributed by atoms with Crippen molar-refractivity contribution in [1.82, 2.24) is 0 Å². The van der Waals surface area contributed by atoms with Gasteiger partial charge in [-0.1, -0.05) is 12.1 Å². The van der Waals surface area contributed by atoms with Crippen molar-refractivity contribution in [2.75, 3.05) is 5.32 Å². The van der Waals surface area contributed by atoms with Gasteiger partial charge in [0.1, 0.15) is 0 Å². The molecule has 1 N–H and O–H groups in total. The molecule has 2 nitrogen and oxygen atoms in total. The first-order chi connectivity index (χ1) is 8.20. The van der Waals surface area contributed by atoms with Crippen molar-refractivity contribution < 1.29 is 0 Å². The molecule has 3 heteroatoms. The molecule has 0 aromatic heterocycles. The summed E-state index contributed by atoms with van der Waals surface area (Å²) in [6.07, 6.45) is 0. The molecule has 0 amide bonds. The maximum Gasteiger partial charge on any atom is 0.0994 e. The molecular weight excluding hydrogens is 323 g/mol. The Kier molecular flexibility index (Phi) is 3.64. The molecule has 0 aliphatic heterocycles. The Morgan fingerprint density at radius 3 is 2.59 bits per heavy atom. The lowest BCUT2D eigenvalue weighted by Gasteiger charge is -2.09. The molecule has 0 saturated carbocycles. The topological polar surface area (TPSA) is 35.8 Å². The van der Waals surface area contributed by atoms with E-state index in [1.54, 1.807) is 0 Å². The Labute approximate surface area is 114 Å². The van der Waals surface area contributed by atoms with Gasteiger partial charge in [0.25, 0.3) is 0 Å². The number of aryl methyl sites for hydroxylation is 1. The van der Waals surface area contributed by atoms with Crippen LogP contribution in [0.5, 0.6) is 0 Å². The molecule has 0 fully saturated rings. The second-order valence-electron chi connectivity index (χ2n) is 3.75. The van der Waals surface area contributed by atoms with E-state index in [0.29, 0.717) is 0 Å². The quantitative estimate of drug-likeness (QED) is 0.835. The van der Waals surface area contributed by atoms with Gasteiger partial charge < -0.3 is 5.32 Å². The highest BCUT2D eigenvalue weighted by Gasteiger charge is 2.01. The van der Waals surface area contributed by atoms with Crippen LogP contribution in [0.15, 0.2) is 42.5 Å². The highest BCUT2D eigenvalue weighted by Crippen LogP contribution is 2.23. The maximum atomic E-state index is 8.87. The van der Waals surface area contributed by atoms with Crippen LogP contribution in [0.3, 0.4) is 0 Å². The van der Waals surface area contributed by atoms with Gasteiger partial charge in [0.15, 0.2) is 0 Å². The first-order valence-corrected chi connectivity index (χ1v) is 6.31. The van der Waals surface area contributed by atoms with E-state index >= 15 is 0 Å². The Balaban J connectivity index is 2.29. The average molecular weight is 334 g/mol. The van der Waals surface area contributed by atoms with Crippen molar-refractivity contribution in [2.24, 2.45) is 0 Å². The molecule has 17 heavy (non-hydrogen) atoms. The molecule has 0 radical (unpaired) electrons. The Bertz CT molecular complexity index is 585. The van der Waals surface area contributed by atoms with E-state index < -0.39 is 0 Å². The van der Waals surface area contributed by atoms with E-state index in [4.69, 9.17) is 5.26 Å². The fraction of sp³-hybridized carbons (Fsp3) is 0.0714. The monoisotopic (exact) mass is 334 g/mol. The summed E-state index contributed by atoms with van der Waals surface area (Å²) in [5, 5.41) is 12.2. The van der Waals surface area contributed by atoms with E-state index in [2.05, 4.69) is 40.0 Å². The normalized spacial score (nSPS) is 9.71. The average Bonchev–Trinajstić information content (AvgIpc) is 2.32. The van der Waals surface area contributed by atoms with Crippen molar-refractivity contribution in [1.29, 1.82) is 5.26 Å². The number of nitrogens with zero attached hydrogens (tertiary/aromatic N) is 1. The molecule has 0 atom stereocenters. The van der Waals surface area contributed by atoms with Crippen LogP contribution in [0, 0.1) is 21.8 Å². The highest BCUT2D eigenvalue weighted by atomic mass is 127. The number of hydrogen-bond donors (Lipinski definition) is 1. The second-order valence-corrected chi connectivity index (χ2v) is 4.91. The van der Waals surface area contributed by atoms with Crippen LogP contribution in [0.1, 0.15) is 11.1 Å². The van der Waals surface area contributed by atoms with Crippen LogP contribution in [-0.4, -0.2) is 0 Å². The van der Waals surface area contributed by atoms with Crippen molar-refractivity contribution in [3.8, 4) is 6.07 Å². The molecule has 2 rings (SSSR count). The predicted octanol–water partition coefficient (Wildman–Crippen LogP) is 4.21. The van der Waals surface area contributed by atoms with E-state index in [9.17, 15) is 0 Å². The number of rotatable bonds is 2.